The lowest BCUT2D eigenvalue weighted by Gasteiger charge is -2.10. The molecule has 170 valence electrons. The van der Waals surface area contributed by atoms with Gasteiger partial charge >= 0.3 is 0 Å². The van der Waals surface area contributed by atoms with Gasteiger partial charge in [-0.25, -0.2) is 14.6 Å². The van der Waals surface area contributed by atoms with Crippen LogP contribution in [0, 0.1) is 0 Å². The summed E-state index contributed by atoms with van der Waals surface area (Å²) in [5.41, 5.74) is 5.46. The number of nitrogens with one attached hydrogen (secondary N) is 1. The molecule has 2 aromatic carbocycles. The molecule has 0 fully saturated rings. The van der Waals surface area contributed by atoms with E-state index < -0.39 is 0 Å². The molecule has 0 aliphatic rings. The Labute approximate surface area is 192 Å². The molecule has 9 nitrogen and oxygen atoms in total. The Morgan fingerprint density at radius 1 is 1.09 bits per heavy atom. The number of nitrogens with zero attached hydrogens (tertiary/aromatic N) is 6. The van der Waals surface area contributed by atoms with E-state index in [9.17, 15) is 0 Å². The fourth-order valence-corrected chi connectivity index (χ4v) is 3.25. The predicted octanol–water partition coefficient (Wildman–Crippen LogP) is 3.60. The second-order valence-electron chi connectivity index (χ2n) is 7.66. The number of hydrogen-bond donors (Lipinski definition) is 1. The molecule has 0 unspecified atom stereocenters. The zero-order valence-corrected chi connectivity index (χ0v) is 19.0. The Bertz CT molecular complexity index is 1220. The van der Waals surface area contributed by atoms with Crippen LogP contribution in [-0.4, -0.2) is 65.2 Å². The van der Waals surface area contributed by atoms with Crippen molar-refractivity contribution in [2.75, 3.05) is 39.8 Å². The molecule has 0 spiro atoms. The van der Waals surface area contributed by atoms with Crippen molar-refractivity contribution in [1.29, 1.82) is 0 Å². The summed E-state index contributed by atoms with van der Waals surface area (Å²) >= 11 is 0. The number of hydrogen-bond acceptors (Lipinski definition) is 8. The van der Waals surface area contributed by atoms with Crippen LogP contribution in [-0.2, 0) is 0 Å². The van der Waals surface area contributed by atoms with Crippen LogP contribution in [0.1, 0.15) is 12.0 Å². The molecule has 0 aliphatic carbocycles. The first-order chi connectivity index (χ1) is 16.1. The van der Waals surface area contributed by atoms with E-state index in [0.29, 0.717) is 18.1 Å². The van der Waals surface area contributed by atoms with Gasteiger partial charge in [-0.3, -0.25) is 5.43 Å². The Kier molecular flexibility index (Phi) is 7.11. The van der Waals surface area contributed by atoms with Crippen molar-refractivity contribution in [3.05, 3.63) is 66.6 Å². The first-order valence-corrected chi connectivity index (χ1v) is 10.6. The maximum Gasteiger partial charge on any atom is 0.168 e. The van der Waals surface area contributed by atoms with E-state index in [-0.39, 0.29) is 0 Å². The zero-order valence-electron chi connectivity index (χ0n) is 19.0. The number of aromatic nitrogens is 4. The van der Waals surface area contributed by atoms with Crippen LogP contribution in [0.3, 0.4) is 0 Å². The number of rotatable bonds is 10. The molecule has 0 atom stereocenters. The normalized spacial score (nSPS) is 11.4. The van der Waals surface area contributed by atoms with Crippen LogP contribution >= 0.6 is 0 Å². The van der Waals surface area contributed by atoms with Crippen LogP contribution in [0.25, 0.3) is 16.7 Å². The van der Waals surface area contributed by atoms with Crippen LogP contribution in [0.4, 0.5) is 5.82 Å². The van der Waals surface area contributed by atoms with E-state index in [1.807, 2.05) is 48.5 Å². The molecule has 9 heteroatoms. The monoisotopic (exact) mass is 445 g/mol. The van der Waals surface area contributed by atoms with Gasteiger partial charge in [0.1, 0.15) is 17.8 Å². The minimum absolute atomic E-state index is 0.575. The molecule has 4 aromatic rings. The Morgan fingerprint density at radius 3 is 2.73 bits per heavy atom. The number of methoxy groups -OCH3 is 1. The number of anilines is 1. The van der Waals surface area contributed by atoms with Gasteiger partial charge in [-0.1, -0.05) is 6.07 Å². The summed E-state index contributed by atoms with van der Waals surface area (Å²) in [5.74, 6) is 2.17. The van der Waals surface area contributed by atoms with Crippen molar-refractivity contribution in [2.45, 2.75) is 6.42 Å². The lowest BCUT2D eigenvalue weighted by atomic mass is 10.2. The van der Waals surface area contributed by atoms with E-state index in [0.717, 1.165) is 41.1 Å². The quantitative estimate of drug-likeness (QED) is 0.227. The minimum Gasteiger partial charge on any atom is -0.497 e. The van der Waals surface area contributed by atoms with Crippen molar-refractivity contribution in [3.63, 3.8) is 0 Å². The van der Waals surface area contributed by atoms with E-state index in [1.54, 1.807) is 24.2 Å². The first kappa shape index (κ1) is 22.2. The third kappa shape index (κ3) is 5.64. The molecule has 0 saturated carbocycles. The van der Waals surface area contributed by atoms with Gasteiger partial charge in [-0.15, -0.1) is 0 Å². The molecule has 2 aromatic heterocycles. The fraction of sp³-hybridized carbons (Fsp3) is 0.250. The highest BCUT2D eigenvalue weighted by atomic mass is 16.5. The molecule has 0 saturated heterocycles. The summed E-state index contributed by atoms with van der Waals surface area (Å²) in [4.78, 5) is 10.8. The molecular formula is C24H27N7O2. The Balaban J connectivity index is 1.42. The molecule has 1 N–H and O–H groups in total. The lowest BCUT2D eigenvalue weighted by molar-refractivity contribution is 0.281. The highest BCUT2D eigenvalue weighted by Gasteiger charge is 2.11. The van der Waals surface area contributed by atoms with Crippen molar-refractivity contribution < 1.29 is 9.47 Å². The molecule has 0 amide bonds. The molecule has 0 bridgehead atoms. The van der Waals surface area contributed by atoms with Crippen LogP contribution in [0.2, 0.25) is 0 Å². The molecule has 0 radical (unpaired) electrons. The smallest absolute Gasteiger partial charge is 0.168 e. The number of ether oxygens (including phenoxy) is 2. The lowest BCUT2D eigenvalue weighted by Crippen LogP contribution is -2.15. The van der Waals surface area contributed by atoms with Crippen LogP contribution in [0.5, 0.6) is 11.5 Å². The molecule has 4 rings (SSSR count). The van der Waals surface area contributed by atoms with Crippen molar-refractivity contribution in [2.24, 2.45) is 5.10 Å². The van der Waals surface area contributed by atoms with Gasteiger partial charge in [-0.05, 0) is 62.5 Å². The zero-order chi connectivity index (χ0) is 23.0. The van der Waals surface area contributed by atoms with Crippen LogP contribution < -0.4 is 14.9 Å². The van der Waals surface area contributed by atoms with Gasteiger partial charge < -0.3 is 14.4 Å². The Hall–Kier alpha value is -3.98. The van der Waals surface area contributed by atoms with Gasteiger partial charge in [0, 0.05) is 12.6 Å². The third-order valence-corrected chi connectivity index (χ3v) is 4.95. The van der Waals surface area contributed by atoms with Gasteiger partial charge in [-0.2, -0.15) is 10.2 Å². The second kappa shape index (κ2) is 10.6. The van der Waals surface area contributed by atoms with Crippen LogP contribution in [0.15, 0.2) is 66.2 Å². The van der Waals surface area contributed by atoms with E-state index >= 15 is 0 Å². The SMILES string of the molecule is COc1cccc(-n2ncc3c(N/N=C/c4ccc(OCCCN(C)C)cc4)ncnc32)c1. The standard InChI is InChI=1S/C24H27N7O2/c1-30(2)12-5-13-33-20-10-8-18(9-11-20)15-27-29-23-22-16-28-31(24(22)26-17-25-23)19-6-4-7-21(14-19)32-3/h4,6-11,14-17H,5,12-13H2,1-3H3,(H,25,26,29)/b27-15+. The third-order valence-electron chi connectivity index (χ3n) is 4.95. The second-order valence-corrected chi connectivity index (χ2v) is 7.66. The topological polar surface area (TPSA) is 89.7 Å². The molecular weight excluding hydrogens is 418 g/mol. The average Bonchev–Trinajstić information content (AvgIpc) is 3.28. The predicted molar refractivity (Wildman–Crippen MR) is 130 cm³/mol. The number of hydrazone groups is 1. The molecule has 33 heavy (non-hydrogen) atoms. The summed E-state index contributed by atoms with van der Waals surface area (Å²) in [6.07, 6.45) is 5.92. The van der Waals surface area contributed by atoms with Crippen molar-refractivity contribution in [1.82, 2.24) is 24.6 Å². The van der Waals surface area contributed by atoms with Crippen molar-refractivity contribution in [3.8, 4) is 17.2 Å². The van der Waals surface area contributed by atoms with Crippen molar-refractivity contribution >= 4 is 23.1 Å². The molecule has 2 heterocycles. The maximum absolute atomic E-state index is 5.77. The Morgan fingerprint density at radius 2 is 1.94 bits per heavy atom. The maximum atomic E-state index is 5.77. The van der Waals surface area contributed by atoms with Gasteiger partial charge in [0.25, 0.3) is 0 Å². The largest absolute Gasteiger partial charge is 0.497 e. The van der Waals surface area contributed by atoms with Gasteiger partial charge in [0.2, 0.25) is 0 Å². The van der Waals surface area contributed by atoms with E-state index in [4.69, 9.17) is 9.47 Å². The first-order valence-electron chi connectivity index (χ1n) is 10.6. The summed E-state index contributed by atoms with van der Waals surface area (Å²) in [5, 5.41) is 9.56. The minimum atomic E-state index is 0.575. The number of fused-ring (bicyclic) bond motifs is 1. The average molecular weight is 446 g/mol. The van der Waals surface area contributed by atoms with Gasteiger partial charge in [0.15, 0.2) is 11.5 Å². The fourth-order valence-electron chi connectivity index (χ4n) is 3.25. The summed E-state index contributed by atoms with van der Waals surface area (Å²) < 4.78 is 12.8. The van der Waals surface area contributed by atoms with E-state index in [1.165, 1.54) is 6.33 Å². The van der Waals surface area contributed by atoms with E-state index in [2.05, 4.69) is 44.6 Å². The molecule has 0 aliphatic heterocycles. The summed E-state index contributed by atoms with van der Waals surface area (Å²) in [6, 6.07) is 15.4. The summed E-state index contributed by atoms with van der Waals surface area (Å²) in [6.45, 7) is 1.70. The highest BCUT2D eigenvalue weighted by Crippen LogP contribution is 2.23. The highest BCUT2D eigenvalue weighted by molar-refractivity contribution is 5.88. The summed E-state index contributed by atoms with van der Waals surface area (Å²) in [7, 11) is 5.75. The number of benzene rings is 2. The van der Waals surface area contributed by atoms with Gasteiger partial charge in [0.05, 0.1) is 37.2 Å².